The van der Waals surface area contributed by atoms with Crippen LogP contribution >= 0.6 is 15.9 Å². The Hall–Kier alpha value is -2.19. The van der Waals surface area contributed by atoms with E-state index in [0.717, 1.165) is 30.4 Å². The van der Waals surface area contributed by atoms with E-state index in [0.29, 0.717) is 17.2 Å². The number of nitrogens with one attached hydrogen (secondary N) is 3. The van der Waals surface area contributed by atoms with Crippen molar-refractivity contribution in [1.29, 1.82) is 0 Å². The molecule has 1 aromatic carbocycles. The number of fused-ring (bicyclic) bond motifs is 1. The molecule has 1 aromatic heterocycles. The van der Waals surface area contributed by atoms with Crippen molar-refractivity contribution in [3.63, 3.8) is 0 Å². The van der Waals surface area contributed by atoms with Crippen molar-refractivity contribution < 1.29 is 14.3 Å². The molecule has 27 heavy (non-hydrogen) atoms. The van der Waals surface area contributed by atoms with Crippen LogP contribution in [-0.2, 0) is 9.53 Å². The van der Waals surface area contributed by atoms with Gasteiger partial charge in [0.15, 0.2) is 0 Å². The summed E-state index contributed by atoms with van der Waals surface area (Å²) in [7, 11) is 0. The first kappa shape index (κ1) is 18.2. The van der Waals surface area contributed by atoms with E-state index in [4.69, 9.17) is 4.74 Å². The van der Waals surface area contributed by atoms with Crippen LogP contribution in [0, 0.1) is 5.41 Å². The maximum atomic E-state index is 12.5. The molecular weight excluding hydrogens is 414 g/mol. The fourth-order valence-corrected chi connectivity index (χ4v) is 4.28. The standard InChI is InChI=1S/C19H20BrN3O4/c20-12-2-1-11-7-15(23-16(24)14(11)8-12)17(25)22-10-13-9-19(18(26)27-13)3-5-21-6-4-19/h1-2,7-8,13,21H,3-6,9-10H2,(H,22,25)(H,23,24). The summed E-state index contributed by atoms with van der Waals surface area (Å²) in [6.07, 6.45) is 1.83. The average Bonchev–Trinajstić information content (AvgIpc) is 2.95. The normalized spacial score (nSPS) is 21.4. The quantitative estimate of drug-likeness (QED) is 0.639. The first-order chi connectivity index (χ1) is 13.0. The summed E-state index contributed by atoms with van der Waals surface area (Å²) in [5.41, 5.74) is -0.540. The van der Waals surface area contributed by atoms with Crippen LogP contribution in [0.2, 0.25) is 0 Å². The lowest BCUT2D eigenvalue weighted by Gasteiger charge is -2.29. The molecule has 3 N–H and O–H groups in total. The molecule has 8 heteroatoms. The summed E-state index contributed by atoms with van der Waals surface area (Å²) < 4.78 is 6.29. The van der Waals surface area contributed by atoms with E-state index < -0.39 is 5.41 Å². The van der Waals surface area contributed by atoms with Gasteiger partial charge in [-0.1, -0.05) is 22.0 Å². The van der Waals surface area contributed by atoms with E-state index in [2.05, 4.69) is 31.5 Å². The minimum atomic E-state index is -0.411. The molecule has 4 rings (SSSR count). The Morgan fingerprint density at radius 3 is 2.81 bits per heavy atom. The lowest BCUT2D eigenvalue weighted by Crippen LogP contribution is -2.40. The van der Waals surface area contributed by atoms with Gasteiger partial charge in [0.1, 0.15) is 11.8 Å². The Morgan fingerprint density at radius 2 is 2.04 bits per heavy atom. The predicted octanol–water partition coefficient (Wildman–Crippen LogP) is 1.71. The van der Waals surface area contributed by atoms with Gasteiger partial charge in [-0.3, -0.25) is 14.4 Å². The summed E-state index contributed by atoms with van der Waals surface area (Å²) in [6.45, 7) is 1.85. The second-order valence-corrected chi connectivity index (χ2v) is 8.13. The molecule has 1 unspecified atom stereocenters. The molecule has 1 atom stereocenters. The number of pyridine rings is 1. The highest BCUT2D eigenvalue weighted by Gasteiger charge is 2.49. The number of piperidine rings is 1. The summed E-state index contributed by atoms with van der Waals surface area (Å²) in [5, 5.41) is 7.23. The predicted molar refractivity (Wildman–Crippen MR) is 104 cm³/mol. The lowest BCUT2D eigenvalue weighted by atomic mass is 9.76. The molecule has 0 aliphatic carbocycles. The molecule has 1 amide bonds. The largest absolute Gasteiger partial charge is 0.460 e. The minimum Gasteiger partial charge on any atom is -0.460 e. The van der Waals surface area contributed by atoms with Gasteiger partial charge in [-0.25, -0.2) is 0 Å². The van der Waals surface area contributed by atoms with Gasteiger partial charge in [0.2, 0.25) is 0 Å². The average molecular weight is 434 g/mol. The molecule has 3 heterocycles. The number of amides is 1. The molecule has 7 nitrogen and oxygen atoms in total. The van der Waals surface area contributed by atoms with E-state index in [9.17, 15) is 14.4 Å². The SMILES string of the molecule is O=C(NCC1CC2(CCNCC2)C(=O)O1)c1cc2ccc(Br)cc2c(=O)[nH]1. The van der Waals surface area contributed by atoms with Crippen LogP contribution in [0.15, 0.2) is 33.5 Å². The number of benzene rings is 1. The molecular formula is C19H20BrN3O4. The molecule has 0 radical (unpaired) electrons. The smallest absolute Gasteiger partial charge is 0.312 e. The maximum absolute atomic E-state index is 12.5. The topological polar surface area (TPSA) is 100 Å². The van der Waals surface area contributed by atoms with Crippen molar-refractivity contribution in [2.24, 2.45) is 5.41 Å². The van der Waals surface area contributed by atoms with Gasteiger partial charge in [-0.05, 0) is 49.5 Å². The van der Waals surface area contributed by atoms with E-state index in [1.807, 2.05) is 6.07 Å². The number of rotatable bonds is 3. The third-order valence-corrected chi connectivity index (χ3v) is 5.92. The van der Waals surface area contributed by atoms with E-state index >= 15 is 0 Å². The van der Waals surface area contributed by atoms with Crippen LogP contribution in [0.4, 0.5) is 0 Å². The Balaban J connectivity index is 1.44. The second-order valence-electron chi connectivity index (χ2n) is 7.22. The van der Waals surface area contributed by atoms with Gasteiger partial charge >= 0.3 is 5.97 Å². The minimum absolute atomic E-state index is 0.159. The van der Waals surface area contributed by atoms with E-state index in [1.54, 1.807) is 18.2 Å². The molecule has 2 aliphatic rings. The Labute approximate surface area is 164 Å². The van der Waals surface area contributed by atoms with Gasteiger partial charge in [0.05, 0.1) is 12.0 Å². The van der Waals surface area contributed by atoms with Gasteiger partial charge in [0, 0.05) is 16.3 Å². The van der Waals surface area contributed by atoms with Gasteiger partial charge in [-0.2, -0.15) is 0 Å². The number of carbonyl (C=O) groups excluding carboxylic acids is 2. The number of cyclic esters (lactones) is 1. The maximum Gasteiger partial charge on any atom is 0.312 e. The van der Waals surface area contributed by atoms with Crippen LogP contribution in [0.5, 0.6) is 0 Å². The number of carbonyl (C=O) groups is 2. The number of hydrogen-bond donors (Lipinski definition) is 3. The first-order valence-electron chi connectivity index (χ1n) is 8.99. The number of halogens is 1. The summed E-state index contributed by atoms with van der Waals surface area (Å²) in [6, 6.07) is 6.96. The van der Waals surface area contributed by atoms with Crippen LogP contribution in [0.1, 0.15) is 29.8 Å². The number of aromatic nitrogens is 1. The summed E-state index contributed by atoms with van der Waals surface area (Å²) in [4.78, 5) is 39.6. The zero-order valence-corrected chi connectivity index (χ0v) is 16.2. The van der Waals surface area contributed by atoms with Crippen LogP contribution in [0.25, 0.3) is 10.8 Å². The Kier molecular flexibility index (Phi) is 4.77. The highest BCUT2D eigenvalue weighted by molar-refractivity contribution is 9.10. The highest BCUT2D eigenvalue weighted by Crippen LogP contribution is 2.41. The third kappa shape index (κ3) is 3.51. The first-order valence-corrected chi connectivity index (χ1v) is 9.79. The van der Waals surface area contributed by atoms with Crippen molar-refractivity contribution in [2.45, 2.75) is 25.4 Å². The zero-order valence-electron chi connectivity index (χ0n) is 14.6. The Morgan fingerprint density at radius 1 is 1.26 bits per heavy atom. The van der Waals surface area contributed by atoms with Crippen LogP contribution in [0.3, 0.4) is 0 Å². The van der Waals surface area contributed by atoms with Crippen molar-refractivity contribution >= 4 is 38.6 Å². The van der Waals surface area contributed by atoms with Gasteiger partial charge in [-0.15, -0.1) is 0 Å². The number of ether oxygens (including phenoxy) is 1. The van der Waals surface area contributed by atoms with Crippen molar-refractivity contribution in [1.82, 2.24) is 15.6 Å². The molecule has 1 spiro atoms. The zero-order chi connectivity index (χ0) is 19.0. The van der Waals surface area contributed by atoms with Crippen molar-refractivity contribution in [2.75, 3.05) is 19.6 Å². The van der Waals surface area contributed by atoms with Crippen molar-refractivity contribution in [3.8, 4) is 0 Å². The molecule has 142 valence electrons. The fourth-order valence-electron chi connectivity index (χ4n) is 3.92. The van der Waals surface area contributed by atoms with Gasteiger partial charge < -0.3 is 20.4 Å². The Bertz CT molecular complexity index is 965. The molecule has 2 aliphatic heterocycles. The monoisotopic (exact) mass is 433 g/mol. The van der Waals surface area contributed by atoms with E-state index in [1.165, 1.54) is 0 Å². The lowest BCUT2D eigenvalue weighted by molar-refractivity contribution is -0.149. The fraction of sp³-hybridized carbons (Fsp3) is 0.421. The number of H-pyrrole nitrogens is 1. The van der Waals surface area contributed by atoms with Crippen molar-refractivity contribution in [3.05, 3.63) is 44.8 Å². The highest BCUT2D eigenvalue weighted by atomic mass is 79.9. The molecule has 2 saturated heterocycles. The molecule has 2 fully saturated rings. The second kappa shape index (κ2) is 7.09. The summed E-state index contributed by atoms with van der Waals surface area (Å²) >= 11 is 3.33. The van der Waals surface area contributed by atoms with Crippen LogP contribution < -0.4 is 16.2 Å². The molecule has 0 bridgehead atoms. The number of hydrogen-bond acceptors (Lipinski definition) is 5. The number of esters is 1. The molecule has 0 saturated carbocycles. The van der Waals surface area contributed by atoms with E-state index in [-0.39, 0.29) is 35.8 Å². The molecule has 2 aromatic rings. The van der Waals surface area contributed by atoms with Crippen LogP contribution in [-0.4, -0.2) is 42.6 Å². The van der Waals surface area contributed by atoms with Gasteiger partial charge in [0.25, 0.3) is 11.5 Å². The third-order valence-electron chi connectivity index (χ3n) is 5.43. The number of aromatic amines is 1. The summed E-state index contributed by atoms with van der Waals surface area (Å²) in [5.74, 6) is -0.549.